The van der Waals surface area contributed by atoms with Crippen LogP contribution in [0.5, 0.6) is 0 Å². The molecule has 1 heterocycles. The van der Waals surface area contributed by atoms with Crippen molar-refractivity contribution in [1.29, 1.82) is 0 Å². The molecular weight excluding hydrogens is 314 g/mol. The summed E-state index contributed by atoms with van der Waals surface area (Å²) in [5.74, 6) is -0.970. The van der Waals surface area contributed by atoms with Crippen molar-refractivity contribution in [2.45, 2.75) is 24.8 Å². The van der Waals surface area contributed by atoms with Crippen LogP contribution >= 0.6 is 0 Å². The molecule has 0 saturated heterocycles. The number of benzene rings is 2. The Kier molecular flexibility index (Phi) is 3.95. The van der Waals surface area contributed by atoms with E-state index in [9.17, 15) is 13.2 Å². The fourth-order valence-electron chi connectivity index (χ4n) is 2.72. The largest absolute Gasteiger partial charge is 0.478 e. The molecule has 0 fully saturated rings. The van der Waals surface area contributed by atoms with Gasteiger partial charge in [0, 0.05) is 13.1 Å². The first kappa shape index (κ1) is 15.7. The van der Waals surface area contributed by atoms with Gasteiger partial charge in [-0.1, -0.05) is 23.8 Å². The van der Waals surface area contributed by atoms with Gasteiger partial charge in [-0.2, -0.15) is 4.31 Å². The molecule has 3 rings (SSSR count). The van der Waals surface area contributed by atoms with Gasteiger partial charge in [-0.05, 0) is 48.7 Å². The maximum absolute atomic E-state index is 12.7. The SMILES string of the molecule is Cc1ccc(S(=O)(=O)N2CCc3cc(C(=O)O)ccc3C2)cc1. The summed E-state index contributed by atoms with van der Waals surface area (Å²) in [5, 5.41) is 9.03. The molecule has 5 nitrogen and oxygen atoms in total. The van der Waals surface area contributed by atoms with Crippen LogP contribution in [0.15, 0.2) is 47.4 Å². The first-order chi connectivity index (χ1) is 10.9. The molecule has 0 radical (unpaired) electrons. The predicted octanol–water partition coefficient (Wildman–Crippen LogP) is 2.44. The van der Waals surface area contributed by atoms with E-state index in [1.54, 1.807) is 36.4 Å². The summed E-state index contributed by atoms with van der Waals surface area (Å²) >= 11 is 0. The second-order valence-corrected chi connectivity index (χ2v) is 7.63. The summed E-state index contributed by atoms with van der Waals surface area (Å²) in [7, 11) is -3.53. The monoisotopic (exact) mass is 331 g/mol. The zero-order valence-electron chi connectivity index (χ0n) is 12.7. The number of rotatable bonds is 3. The summed E-state index contributed by atoms with van der Waals surface area (Å²) in [6, 6.07) is 11.7. The maximum Gasteiger partial charge on any atom is 0.335 e. The number of carbonyl (C=O) groups is 1. The third-order valence-corrected chi connectivity index (χ3v) is 5.95. The van der Waals surface area contributed by atoms with Crippen LogP contribution in [0.4, 0.5) is 0 Å². The Bertz CT molecular complexity index is 857. The zero-order chi connectivity index (χ0) is 16.6. The number of carboxylic acids is 1. The lowest BCUT2D eigenvalue weighted by Gasteiger charge is -2.28. The van der Waals surface area contributed by atoms with Crippen LogP contribution in [0.3, 0.4) is 0 Å². The topological polar surface area (TPSA) is 74.7 Å². The quantitative estimate of drug-likeness (QED) is 0.937. The molecule has 0 spiro atoms. The van der Waals surface area contributed by atoms with Crippen molar-refractivity contribution < 1.29 is 18.3 Å². The first-order valence-electron chi connectivity index (χ1n) is 7.30. The van der Waals surface area contributed by atoms with Gasteiger partial charge in [0.2, 0.25) is 10.0 Å². The van der Waals surface area contributed by atoms with Gasteiger partial charge in [0.25, 0.3) is 0 Å². The number of aryl methyl sites for hydroxylation is 1. The predicted molar refractivity (Wildman–Crippen MR) is 85.9 cm³/mol. The Morgan fingerprint density at radius 2 is 1.78 bits per heavy atom. The average Bonchev–Trinajstić information content (AvgIpc) is 2.54. The highest BCUT2D eigenvalue weighted by atomic mass is 32.2. The molecule has 23 heavy (non-hydrogen) atoms. The van der Waals surface area contributed by atoms with Crippen LogP contribution in [0.2, 0.25) is 0 Å². The van der Waals surface area contributed by atoms with Gasteiger partial charge in [0.05, 0.1) is 10.5 Å². The van der Waals surface area contributed by atoms with Gasteiger partial charge in [-0.25, -0.2) is 13.2 Å². The van der Waals surface area contributed by atoms with Gasteiger partial charge < -0.3 is 5.11 Å². The van der Waals surface area contributed by atoms with E-state index >= 15 is 0 Å². The molecule has 0 amide bonds. The van der Waals surface area contributed by atoms with Gasteiger partial charge in [0.15, 0.2) is 0 Å². The van der Waals surface area contributed by atoms with E-state index in [1.165, 1.54) is 10.4 Å². The molecule has 2 aromatic rings. The summed E-state index contributed by atoms with van der Waals surface area (Å²) in [5.41, 5.74) is 3.00. The second-order valence-electron chi connectivity index (χ2n) is 5.69. The Morgan fingerprint density at radius 1 is 1.09 bits per heavy atom. The van der Waals surface area contributed by atoms with Crippen molar-refractivity contribution >= 4 is 16.0 Å². The molecule has 0 bridgehead atoms. The van der Waals surface area contributed by atoms with Crippen LogP contribution in [0.1, 0.15) is 27.0 Å². The third kappa shape index (κ3) is 3.00. The van der Waals surface area contributed by atoms with E-state index in [2.05, 4.69) is 0 Å². The molecule has 1 aliphatic heterocycles. The summed E-state index contributed by atoms with van der Waals surface area (Å²) < 4.78 is 26.9. The third-order valence-electron chi connectivity index (χ3n) is 4.09. The fourth-order valence-corrected chi connectivity index (χ4v) is 4.14. The highest BCUT2D eigenvalue weighted by molar-refractivity contribution is 7.89. The molecule has 0 aromatic heterocycles. The molecule has 2 aromatic carbocycles. The molecule has 1 N–H and O–H groups in total. The smallest absolute Gasteiger partial charge is 0.335 e. The van der Waals surface area contributed by atoms with Crippen molar-refractivity contribution in [1.82, 2.24) is 4.31 Å². The van der Waals surface area contributed by atoms with Crippen LogP contribution in [0.25, 0.3) is 0 Å². The molecule has 0 aliphatic carbocycles. The Labute approximate surface area is 135 Å². The molecule has 0 saturated carbocycles. The number of hydrogen-bond acceptors (Lipinski definition) is 3. The van der Waals surface area contributed by atoms with Crippen LogP contribution in [0, 0.1) is 6.92 Å². The average molecular weight is 331 g/mol. The first-order valence-corrected chi connectivity index (χ1v) is 8.74. The molecule has 1 aliphatic rings. The summed E-state index contributed by atoms with van der Waals surface area (Å²) in [6.45, 7) is 2.53. The van der Waals surface area contributed by atoms with Crippen LogP contribution in [-0.4, -0.2) is 30.3 Å². The lowest BCUT2D eigenvalue weighted by molar-refractivity contribution is 0.0696. The van der Waals surface area contributed by atoms with Gasteiger partial charge in [0.1, 0.15) is 0 Å². The van der Waals surface area contributed by atoms with Gasteiger partial charge in [-0.3, -0.25) is 0 Å². The zero-order valence-corrected chi connectivity index (χ0v) is 13.5. The highest BCUT2D eigenvalue weighted by Gasteiger charge is 2.28. The van der Waals surface area contributed by atoms with Crippen molar-refractivity contribution in [2.75, 3.05) is 6.54 Å². The van der Waals surface area contributed by atoms with Crippen LogP contribution in [-0.2, 0) is 23.0 Å². The van der Waals surface area contributed by atoms with Crippen molar-refractivity contribution in [2.24, 2.45) is 0 Å². The Balaban J connectivity index is 1.89. The molecule has 6 heteroatoms. The summed E-state index contributed by atoms with van der Waals surface area (Å²) in [6.07, 6.45) is 0.515. The Morgan fingerprint density at radius 3 is 2.43 bits per heavy atom. The number of aromatic carboxylic acids is 1. The molecule has 120 valence electrons. The number of fused-ring (bicyclic) bond motifs is 1. The number of hydrogen-bond donors (Lipinski definition) is 1. The summed E-state index contributed by atoms with van der Waals surface area (Å²) in [4.78, 5) is 11.3. The maximum atomic E-state index is 12.7. The number of nitrogens with zero attached hydrogens (tertiary/aromatic N) is 1. The highest BCUT2D eigenvalue weighted by Crippen LogP contribution is 2.26. The van der Waals surface area contributed by atoms with Crippen molar-refractivity contribution in [3.8, 4) is 0 Å². The van der Waals surface area contributed by atoms with Gasteiger partial charge >= 0.3 is 5.97 Å². The minimum Gasteiger partial charge on any atom is -0.478 e. The van der Waals surface area contributed by atoms with Crippen molar-refractivity contribution in [3.63, 3.8) is 0 Å². The minimum atomic E-state index is -3.53. The second kappa shape index (κ2) is 5.79. The normalized spacial score (nSPS) is 15.2. The Hall–Kier alpha value is -2.18. The number of carboxylic acid groups (broad SMARTS) is 1. The molecule has 0 unspecified atom stereocenters. The van der Waals surface area contributed by atoms with E-state index in [4.69, 9.17) is 5.11 Å². The van der Waals surface area contributed by atoms with Gasteiger partial charge in [-0.15, -0.1) is 0 Å². The lowest BCUT2D eigenvalue weighted by atomic mass is 9.98. The van der Waals surface area contributed by atoms with E-state index in [0.717, 1.165) is 16.7 Å². The standard InChI is InChI=1S/C17H17NO4S/c1-12-2-6-16(7-3-12)23(21,22)18-9-8-13-10-14(17(19)20)4-5-15(13)11-18/h2-7,10H,8-9,11H2,1H3,(H,19,20). The van der Waals surface area contributed by atoms with E-state index in [0.29, 0.717) is 13.0 Å². The van der Waals surface area contributed by atoms with E-state index < -0.39 is 16.0 Å². The minimum absolute atomic E-state index is 0.235. The molecular formula is C17H17NO4S. The molecule has 0 atom stereocenters. The van der Waals surface area contributed by atoms with E-state index in [-0.39, 0.29) is 17.0 Å². The van der Waals surface area contributed by atoms with Crippen molar-refractivity contribution in [3.05, 3.63) is 64.7 Å². The fraction of sp³-hybridized carbons (Fsp3) is 0.235. The van der Waals surface area contributed by atoms with Crippen LogP contribution < -0.4 is 0 Å². The number of sulfonamides is 1. The lowest BCUT2D eigenvalue weighted by Crippen LogP contribution is -2.36. The van der Waals surface area contributed by atoms with E-state index in [1.807, 2.05) is 6.92 Å².